The summed E-state index contributed by atoms with van der Waals surface area (Å²) in [4.78, 5) is 22.6. The lowest BCUT2D eigenvalue weighted by atomic mass is 10.1. The molecule has 0 saturated carbocycles. The van der Waals surface area contributed by atoms with Crippen LogP contribution in [0.25, 0.3) is 21.7 Å². The van der Waals surface area contributed by atoms with Gasteiger partial charge in [0.2, 0.25) is 0 Å². The fraction of sp³-hybridized carbons (Fsp3) is 0.227. The van der Waals surface area contributed by atoms with E-state index in [1.165, 1.54) is 24.0 Å². The van der Waals surface area contributed by atoms with Crippen LogP contribution < -0.4 is 15.0 Å². The highest BCUT2D eigenvalue weighted by Gasteiger charge is 2.22. The van der Waals surface area contributed by atoms with Gasteiger partial charge in [-0.25, -0.2) is 9.37 Å². The Morgan fingerprint density at radius 1 is 1.16 bits per heavy atom. The largest absolute Gasteiger partial charge is 0.610 e. The van der Waals surface area contributed by atoms with Crippen molar-refractivity contribution < 1.29 is 18.4 Å². The number of methoxy groups -OCH3 is 2. The van der Waals surface area contributed by atoms with Gasteiger partial charge in [0.25, 0.3) is 5.56 Å². The van der Waals surface area contributed by atoms with Crippen molar-refractivity contribution in [3.8, 4) is 22.9 Å². The van der Waals surface area contributed by atoms with Crippen LogP contribution in [0.4, 0.5) is 4.39 Å². The van der Waals surface area contributed by atoms with Crippen molar-refractivity contribution in [3.63, 3.8) is 0 Å². The Morgan fingerprint density at radius 2 is 1.94 bits per heavy atom. The number of benzene rings is 2. The molecule has 0 N–H and O–H groups in total. The Hall–Kier alpha value is -2.95. The summed E-state index contributed by atoms with van der Waals surface area (Å²) in [7, 11) is 3.07. The molecule has 2 aromatic carbocycles. The molecule has 10 heteroatoms. The molecule has 7 nitrogen and oxygen atoms in total. The fourth-order valence-electron chi connectivity index (χ4n) is 3.33. The van der Waals surface area contributed by atoms with Crippen LogP contribution in [0.3, 0.4) is 0 Å². The first-order valence-electron chi connectivity index (χ1n) is 9.54. The standard InChI is InChI=1S/C22H20FN3O4S2/c1-12-5-8-16(23)15(9-12)19-25-20-18(24-22(31-20)32(4)28)21(27)26(19)11-13-6-7-14(29-2)10-17(13)30-3/h5-10H,11H2,1-4H3. The molecule has 166 valence electrons. The third kappa shape index (κ3) is 4.08. The summed E-state index contributed by atoms with van der Waals surface area (Å²) in [6.07, 6.45) is 1.49. The van der Waals surface area contributed by atoms with Gasteiger partial charge in [0, 0.05) is 22.8 Å². The second-order valence-electron chi connectivity index (χ2n) is 7.08. The van der Waals surface area contributed by atoms with Gasteiger partial charge in [0.15, 0.2) is 10.3 Å². The van der Waals surface area contributed by atoms with E-state index in [4.69, 9.17) is 9.47 Å². The maximum absolute atomic E-state index is 14.8. The number of fused-ring (bicyclic) bond motifs is 1. The Balaban J connectivity index is 1.98. The molecule has 0 bridgehead atoms. The van der Waals surface area contributed by atoms with Crippen LogP contribution in [0.2, 0.25) is 0 Å². The van der Waals surface area contributed by atoms with Gasteiger partial charge in [0.05, 0.1) is 26.3 Å². The van der Waals surface area contributed by atoms with Crippen molar-refractivity contribution in [2.45, 2.75) is 17.8 Å². The number of hydrogen-bond acceptors (Lipinski definition) is 7. The molecule has 0 fully saturated rings. The Morgan fingerprint density at radius 3 is 2.62 bits per heavy atom. The highest BCUT2D eigenvalue weighted by atomic mass is 32.2. The molecule has 0 aliphatic heterocycles. The average molecular weight is 474 g/mol. The van der Waals surface area contributed by atoms with E-state index in [1.807, 2.05) is 6.92 Å². The lowest BCUT2D eigenvalue weighted by Gasteiger charge is -2.15. The van der Waals surface area contributed by atoms with Crippen molar-refractivity contribution >= 4 is 32.9 Å². The van der Waals surface area contributed by atoms with Crippen molar-refractivity contribution in [2.75, 3.05) is 20.5 Å². The monoisotopic (exact) mass is 473 g/mol. The molecule has 0 aliphatic rings. The number of aryl methyl sites for hydroxylation is 1. The number of thiazole rings is 1. The van der Waals surface area contributed by atoms with E-state index in [2.05, 4.69) is 9.97 Å². The topological polar surface area (TPSA) is 89.3 Å². The first-order chi connectivity index (χ1) is 15.3. The lowest BCUT2D eigenvalue weighted by molar-refractivity contribution is 0.390. The molecule has 1 atom stereocenters. The molecular formula is C22H20FN3O4S2. The molecule has 1 unspecified atom stereocenters. The number of rotatable bonds is 6. The summed E-state index contributed by atoms with van der Waals surface area (Å²) in [6, 6.07) is 9.88. The second-order valence-corrected chi connectivity index (χ2v) is 9.61. The maximum atomic E-state index is 14.8. The summed E-state index contributed by atoms with van der Waals surface area (Å²) in [5.74, 6) is 0.784. The number of aromatic nitrogens is 3. The molecule has 2 heterocycles. The third-order valence-corrected chi connectivity index (χ3v) is 7.21. The minimum Gasteiger partial charge on any atom is -0.610 e. The number of hydrogen-bond donors (Lipinski definition) is 0. The van der Waals surface area contributed by atoms with Gasteiger partial charge in [0.1, 0.15) is 29.4 Å². The van der Waals surface area contributed by atoms with Crippen molar-refractivity contribution in [2.24, 2.45) is 0 Å². The van der Waals surface area contributed by atoms with Gasteiger partial charge in [-0.2, -0.15) is 4.98 Å². The van der Waals surface area contributed by atoms with E-state index in [0.29, 0.717) is 26.2 Å². The van der Waals surface area contributed by atoms with E-state index in [9.17, 15) is 13.7 Å². The minimum atomic E-state index is -1.37. The van der Waals surface area contributed by atoms with Gasteiger partial charge >= 0.3 is 4.34 Å². The SMILES string of the molecule is COc1ccc(Cn2c(-c3cc(C)ccc3F)nc3sc([S+](C)[O-])nc3c2=O)c(OC)c1. The molecule has 0 amide bonds. The van der Waals surface area contributed by atoms with Gasteiger partial charge in [-0.3, -0.25) is 9.36 Å². The predicted molar refractivity (Wildman–Crippen MR) is 123 cm³/mol. The van der Waals surface area contributed by atoms with Crippen LogP contribution >= 0.6 is 11.3 Å². The zero-order valence-corrected chi connectivity index (χ0v) is 19.5. The highest BCUT2D eigenvalue weighted by molar-refractivity contribution is 7.92. The van der Waals surface area contributed by atoms with Crippen molar-refractivity contribution in [1.29, 1.82) is 0 Å². The van der Waals surface area contributed by atoms with E-state index < -0.39 is 22.6 Å². The van der Waals surface area contributed by atoms with Crippen LogP contribution in [-0.4, -0.2) is 39.6 Å². The van der Waals surface area contributed by atoms with Crippen LogP contribution in [0.5, 0.6) is 11.5 Å². The van der Waals surface area contributed by atoms with Gasteiger partial charge in [-0.1, -0.05) is 11.6 Å². The first kappa shape index (κ1) is 22.3. The number of nitrogens with zero attached hydrogens (tertiary/aromatic N) is 3. The van der Waals surface area contributed by atoms with Crippen LogP contribution in [0.1, 0.15) is 11.1 Å². The summed E-state index contributed by atoms with van der Waals surface area (Å²) in [5, 5.41) is 0. The average Bonchev–Trinajstić information content (AvgIpc) is 3.22. The zero-order valence-electron chi connectivity index (χ0n) is 17.8. The predicted octanol–water partition coefficient (Wildman–Crippen LogP) is 3.77. The minimum absolute atomic E-state index is 0.0692. The van der Waals surface area contributed by atoms with Gasteiger partial charge in [-0.15, -0.1) is 0 Å². The number of halogens is 1. The molecule has 0 saturated heterocycles. The third-order valence-electron chi connectivity index (χ3n) is 4.93. The Bertz CT molecular complexity index is 1370. The molecule has 4 aromatic rings. The maximum Gasteiger partial charge on any atom is 0.304 e. The Kier molecular flexibility index (Phi) is 6.18. The smallest absolute Gasteiger partial charge is 0.304 e. The summed E-state index contributed by atoms with van der Waals surface area (Å²) >= 11 is -0.305. The molecule has 32 heavy (non-hydrogen) atoms. The van der Waals surface area contributed by atoms with Crippen LogP contribution in [0.15, 0.2) is 45.5 Å². The van der Waals surface area contributed by atoms with Crippen molar-refractivity contribution in [3.05, 3.63) is 63.7 Å². The Labute approximate surface area is 190 Å². The summed E-state index contributed by atoms with van der Waals surface area (Å²) in [5.41, 5.74) is 1.36. The van der Waals surface area contributed by atoms with Crippen molar-refractivity contribution in [1.82, 2.24) is 14.5 Å². The normalized spacial score (nSPS) is 12.2. The molecular weight excluding hydrogens is 453 g/mol. The quantitative estimate of drug-likeness (QED) is 0.396. The van der Waals surface area contributed by atoms with Gasteiger partial charge < -0.3 is 14.0 Å². The molecule has 2 aromatic heterocycles. The van der Waals surface area contributed by atoms with Crippen LogP contribution in [0, 0.1) is 12.7 Å². The highest BCUT2D eigenvalue weighted by Crippen LogP contribution is 2.30. The van der Waals surface area contributed by atoms with Crippen LogP contribution in [-0.2, 0) is 17.7 Å². The number of ether oxygens (including phenoxy) is 2. The molecule has 4 rings (SSSR count). The van der Waals surface area contributed by atoms with E-state index in [-0.39, 0.29) is 23.4 Å². The van der Waals surface area contributed by atoms with E-state index >= 15 is 0 Å². The fourth-order valence-corrected chi connectivity index (χ4v) is 4.92. The second kappa shape index (κ2) is 8.89. The lowest BCUT2D eigenvalue weighted by Crippen LogP contribution is -2.24. The van der Waals surface area contributed by atoms with E-state index in [0.717, 1.165) is 16.9 Å². The summed E-state index contributed by atoms with van der Waals surface area (Å²) in [6.45, 7) is 1.90. The van der Waals surface area contributed by atoms with E-state index in [1.54, 1.807) is 37.4 Å². The first-order valence-corrected chi connectivity index (χ1v) is 11.9. The van der Waals surface area contributed by atoms with Gasteiger partial charge in [-0.05, 0) is 42.5 Å². The molecule has 0 radical (unpaired) electrons. The summed E-state index contributed by atoms with van der Waals surface area (Å²) < 4.78 is 39.1. The molecule has 0 aliphatic carbocycles. The zero-order chi connectivity index (χ0) is 23.0. The molecule has 0 spiro atoms.